The number of rotatable bonds is 4. The van der Waals surface area contributed by atoms with Crippen molar-refractivity contribution in [2.45, 2.75) is 45.1 Å². The second-order valence-electron chi connectivity index (χ2n) is 3.74. The minimum Gasteiger partial charge on any atom is -0.302 e. The van der Waals surface area contributed by atoms with Crippen LogP contribution in [0.2, 0.25) is 0 Å². The van der Waals surface area contributed by atoms with E-state index in [1.807, 2.05) is 6.92 Å². The molecule has 1 fully saturated rings. The molecule has 1 saturated carbocycles. The van der Waals surface area contributed by atoms with Gasteiger partial charge in [0.1, 0.15) is 0 Å². The van der Waals surface area contributed by atoms with Gasteiger partial charge in [0, 0.05) is 0 Å². The van der Waals surface area contributed by atoms with Gasteiger partial charge in [0.2, 0.25) is 0 Å². The van der Waals surface area contributed by atoms with Gasteiger partial charge in [-0.3, -0.25) is 0 Å². The Morgan fingerprint density at radius 2 is 2.17 bits per heavy atom. The monoisotopic (exact) mass is 166 g/mol. The molecule has 0 saturated heterocycles. The first-order chi connectivity index (χ1) is 5.83. The van der Waals surface area contributed by atoms with Crippen molar-refractivity contribution in [1.82, 2.24) is 5.32 Å². The largest absolute Gasteiger partial charge is 0.302 e. The van der Waals surface area contributed by atoms with Crippen molar-refractivity contribution >= 4 is 0 Å². The molecule has 12 heavy (non-hydrogen) atoms. The lowest BCUT2D eigenvalue weighted by Crippen LogP contribution is -2.26. The average molecular weight is 166 g/mol. The van der Waals surface area contributed by atoms with Crippen LogP contribution in [0.25, 0.3) is 0 Å². The van der Waals surface area contributed by atoms with E-state index >= 15 is 0 Å². The molecular weight excluding hydrogens is 148 g/mol. The van der Waals surface area contributed by atoms with Crippen LogP contribution < -0.4 is 5.32 Å². The lowest BCUT2D eigenvalue weighted by atomic mass is 10.0. The Balaban J connectivity index is 1.98. The standard InChI is InChI=1S/C10H18N2/c1-9(8-11)12-7-6-10-4-2-3-5-10/h9-10,12H,2-7H2,1H3. The van der Waals surface area contributed by atoms with Crippen LogP contribution in [0.1, 0.15) is 39.0 Å². The SMILES string of the molecule is CC(C#N)NCCC1CCCC1. The van der Waals surface area contributed by atoms with Crippen molar-refractivity contribution in [1.29, 1.82) is 5.26 Å². The fourth-order valence-electron chi connectivity index (χ4n) is 1.85. The van der Waals surface area contributed by atoms with Gasteiger partial charge in [-0.2, -0.15) is 5.26 Å². The summed E-state index contributed by atoms with van der Waals surface area (Å²) in [5, 5.41) is 11.7. The first-order valence-corrected chi connectivity index (χ1v) is 4.96. The molecule has 2 nitrogen and oxygen atoms in total. The van der Waals surface area contributed by atoms with Crippen LogP contribution in [0.5, 0.6) is 0 Å². The lowest BCUT2D eigenvalue weighted by molar-refractivity contribution is 0.470. The molecule has 1 N–H and O–H groups in total. The number of nitrogens with one attached hydrogen (secondary N) is 1. The summed E-state index contributed by atoms with van der Waals surface area (Å²) in [6.07, 6.45) is 6.90. The van der Waals surface area contributed by atoms with Crippen LogP contribution in [0.4, 0.5) is 0 Å². The van der Waals surface area contributed by atoms with Crippen molar-refractivity contribution in [3.63, 3.8) is 0 Å². The summed E-state index contributed by atoms with van der Waals surface area (Å²) in [6.45, 7) is 2.92. The number of hydrogen-bond acceptors (Lipinski definition) is 2. The maximum absolute atomic E-state index is 8.51. The molecule has 0 aromatic carbocycles. The van der Waals surface area contributed by atoms with E-state index in [1.165, 1.54) is 32.1 Å². The number of nitriles is 1. The van der Waals surface area contributed by atoms with Gasteiger partial charge in [0.05, 0.1) is 12.1 Å². The van der Waals surface area contributed by atoms with Crippen molar-refractivity contribution < 1.29 is 0 Å². The first kappa shape index (κ1) is 9.54. The van der Waals surface area contributed by atoms with E-state index in [1.54, 1.807) is 0 Å². The zero-order valence-electron chi connectivity index (χ0n) is 7.84. The van der Waals surface area contributed by atoms with Crippen LogP contribution in [-0.4, -0.2) is 12.6 Å². The predicted molar refractivity (Wildman–Crippen MR) is 49.7 cm³/mol. The van der Waals surface area contributed by atoms with E-state index in [4.69, 9.17) is 5.26 Å². The Kier molecular flexibility index (Phi) is 4.10. The van der Waals surface area contributed by atoms with Crippen LogP contribution >= 0.6 is 0 Å². The summed E-state index contributed by atoms with van der Waals surface area (Å²) in [5.74, 6) is 0.934. The molecule has 0 aliphatic heterocycles. The molecule has 68 valence electrons. The summed E-state index contributed by atoms with van der Waals surface area (Å²) in [7, 11) is 0. The third kappa shape index (κ3) is 3.23. The summed E-state index contributed by atoms with van der Waals surface area (Å²) >= 11 is 0. The quantitative estimate of drug-likeness (QED) is 0.694. The van der Waals surface area contributed by atoms with Crippen molar-refractivity contribution in [2.24, 2.45) is 5.92 Å². The van der Waals surface area contributed by atoms with Gasteiger partial charge >= 0.3 is 0 Å². The molecule has 0 bridgehead atoms. The Morgan fingerprint density at radius 1 is 1.50 bits per heavy atom. The molecule has 0 amide bonds. The van der Waals surface area contributed by atoms with Gasteiger partial charge in [-0.15, -0.1) is 0 Å². The Morgan fingerprint density at radius 3 is 2.75 bits per heavy atom. The van der Waals surface area contributed by atoms with E-state index in [0.717, 1.165) is 12.5 Å². The molecule has 1 aliphatic rings. The zero-order chi connectivity index (χ0) is 8.81. The molecule has 1 unspecified atom stereocenters. The third-order valence-corrected chi connectivity index (χ3v) is 2.67. The fourth-order valence-corrected chi connectivity index (χ4v) is 1.85. The summed E-state index contributed by atoms with van der Waals surface area (Å²) < 4.78 is 0. The minimum atomic E-state index is 0.0198. The van der Waals surface area contributed by atoms with E-state index in [9.17, 15) is 0 Å². The van der Waals surface area contributed by atoms with Gasteiger partial charge in [-0.1, -0.05) is 25.7 Å². The maximum Gasteiger partial charge on any atom is 0.0924 e. The van der Waals surface area contributed by atoms with Gasteiger partial charge in [0.25, 0.3) is 0 Å². The van der Waals surface area contributed by atoms with E-state index < -0.39 is 0 Å². The van der Waals surface area contributed by atoms with Crippen LogP contribution in [0, 0.1) is 17.2 Å². The van der Waals surface area contributed by atoms with Crippen LogP contribution in [0.3, 0.4) is 0 Å². The molecule has 0 heterocycles. The van der Waals surface area contributed by atoms with Gasteiger partial charge in [0.15, 0.2) is 0 Å². The van der Waals surface area contributed by atoms with Gasteiger partial charge in [-0.05, 0) is 25.8 Å². The van der Waals surface area contributed by atoms with Crippen molar-refractivity contribution in [3.8, 4) is 6.07 Å². The molecule has 0 aromatic heterocycles. The van der Waals surface area contributed by atoms with Crippen LogP contribution in [0.15, 0.2) is 0 Å². The van der Waals surface area contributed by atoms with E-state index in [-0.39, 0.29) is 6.04 Å². The molecule has 1 rings (SSSR count). The highest BCUT2D eigenvalue weighted by atomic mass is 14.9. The molecule has 0 aromatic rings. The highest BCUT2D eigenvalue weighted by molar-refractivity contribution is 4.85. The normalized spacial score (nSPS) is 20.7. The molecule has 1 atom stereocenters. The topological polar surface area (TPSA) is 35.8 Å². The average Bonchev–Trinajstić information content (AvgIpc) is 2.57. The smallest absolute Gasteiger partial charge is 0.0924 e. The summed E-state index contributed by atoms with van der Waals surface area (Å²) in [5.41, 5.74) is 0. The molecule has 2 heteroatoms. The van der Waals surface area contributed by atoms with Gasteiger partial charge in [-0.25, -0.2) is 0 Å². The third-order valence-electron chi connectivity index (χ3n) is 2.67. The number of nitrogens with zero attached hydrogens (tertiary/aromatic N) is 1. The van der Waals surface area contributed by atoms with Gasteiger partial charge < -0.3 is 5.32 Å². The van der Waals surface area contributed by atoms with Crippen molar-refractivity contribution in [3.05, 3.63) is 0 Å². The van der Waals surface area contributed by atoms with Crippen LogP contribution in [-0.2, 0) is 0 Å². The lowest BCUT2D eigenvalue weighted by Gasteiger charge is -2.10. The molecule has 0 radical (unpaired) electrons. The molecule has 1 aliphatic carbocycles. The zero-order valence-corrected chi connectivity index (χ0v) is 7.84. The Labute approximate surface area is 75.0 Å². The Hall–Kier alpha value is -0.550. The number of hydrogen-bond donors (Lipinski definition) is 1. The predicted octanol–water partition coefficient (Wildman–Crippen LogP) is 2.07. The van der Waals surface area contributed by atoms with E-state index in [0.29, 0.717) is 0 Å². The van der Waals surface area contributed by atoms with Crippen molar-refractivity contribution in [2.75, 3.05) is 6.54 Å². The Bertz CT molecular complexity index is 154. The molecule has 0 spiro atoms. The maximum atomic E-state index is 8.51. The van der Waals surface area contributed by atoms with E-state index in [2.05, 4.69) is 11.4 Å². The summed E-state index contributed by atoms with van der Waals surface area (Å²) in [6, 6.07) is 2.20. The highest BCUT2D eigenvalue weighted by Crippen LogP contribution is 2.26. The fraction of sp³-hybridized carbons (Fsp3) is 0.900. The molecular formula is C10H18N2. The highest BCUT2D eigenvalue weighted by Gasteiger charge is 2.14. The second-order valence-corrected chi connectivity index (χ2v) is 3.74. The summed E-state index contributed by atoms with van der Waals surface area (Å²) in [4.78, 5) is 0. The first-order valence-electron chi connectivity index (χ1n) is 4.96. The minimum absolute atomic E-state index is 0.0198. The second kappa shape index (κ2) is 5.16.